The van der Waals surface area contributed by atoms with Crippen molar-refractivity contribution in [3.8, 4) is 0 Å². The number of para-hydroxylation sites is 1. The minimum Gasteiger partial charge on any atom is -0.269 e. The summed E-state index contributed by atoms with van der Waals surface area (Å²) in [6.45, 7) is 2.28. The first-order valence-electron chi connectivity index (χ1n) is 9.11. The van der Waals surface area contributed by atoms with Crippen LogP contribution in [0.3, 0.4) is 0 Å². The SMILES string of the molecule is CCCCCCCCCCCc1nnc2sc3ccccc3n12. The number of thiazole rings is 1. The quantitative estimate of drug-likeness (QED) is 0.426. The Balaban J connectivity index is 1.45. The van der Waals surface area contributed by atoms with E-state index in [-0.39, 0.29) is 0 Å². The molecule has 23 heavy (non-hydrogen) atoms. The molecule has 1 aromatic carbocycles. The van der Waals surface area contributed by atoms with Crippen LogP contribution >= 0.6 is 11.3 Å². The molecule has 4 heteroatoms. The first-order valence-corrected chi connectivity index (χ1v) is 9.93. The fraction of sp³-hybridized carbons (Fsp3) is 0.579. The Morgan fingerprint density at radius 3 is 2.35 bits per heavy atom. The summed E-state index contributed by atoms with van der Waals surface area (Å²) in [5.74, 6) is 1.13. The van der Waals surface area contributed by atoms with Crippen LogP contribution in [0.4, 0.5) is 0 Å². The fourth-order valence-electron chi connectivity index (χ4n) is 3.19. The van der Waals surface area contributed by atoms with Crippen LogP contribution in [0.25, 0.3) is 15.2 Å². The van der Waals surface area contributed by atoms with Gasteiger partial charge in [0.2, 0.25) is 4.96 Å². The molecule has 0 aliphatic rings. The van der Waals surface area contributed by atoms with Crippen LogP contribution < -0.4 is 0 Å². The number of aryl methyl sites for hydroxylation is 1. The topological polar surface area (TPSA) is 30.2 Å². The maximum atomic E-state index is 4.40. The Labute approximate surface area is 142 Å². The maximum Gasteiger partial charge on any atom is 0.217 e. The molecule has 2 heterocycles. The van der Waals surface area contributed by atoms with Crippen molar-refractivity contribution in [2.75, 3.05) is 0 Å². The summed E-state index contributed by atoms with van der Waals surface area (Å²) in [6.07, 6.45) is 13.3. The zero-order valence-electron chi connectivity index (χ0n) is 14.1. The van der Waals surface area contributed by atoms with Gasteiger partial charge in [-0.15, -0.1) is 10.2 Å². The average molecular weight is 330 g/mol. The first-order chi connectivity index (χ1) is 11.4. The van der Waals surface area contributed by atoms with Crippen molar-refractivity contribution in [2.45, 2.75) is 71.1 Å². The van der Waals surface area contributed by atoms with E-state index >= 15 is 0 Å². The van der Waals surface area contributed by atoms with Gasteiger partial charge in [0.05, 0.1) is 10.2 Å². The largest absolute Gasteiger partial charge is 0.269 e. The molecule has 124 valence electrons. The van der Waals surface area contributed by atoms with Crippen LogP contribution in [-0.2, 0) is 6.42 Å². The zero-order valence-corrected chi connectivity index (χ0v) is 14.9. The highest BCUT2D eigenvalue weighted by Gasteiger charge is 2.11. The highest BCUT2D eigenvalue weighted by atomic mass is 32.1. The number of hydrogen-bond donors (Lipinski definition) is 0. The molecule has 0 bridgehead atoms. The molecular weight excluding hydrogens is 302 g/mol. The van der Waals surface area contributed by atoms with Crippen molar-refractivity contribution in [2.24, 2.45) is 0 Å². The lowest BCUT2D eigenvalue weighted by atomic mass is 10.1. The molecule has 0 fully saturated rings. The fourth-order valence-corrected chi connectivity index (χ4v) is 4.17. The van der Waals surface area contributed by atoms with Crippen LogP contribution in [-0.4, -0.2) is 14.6 Å². The summed E-state index contributed by atoms with van der Waals surface area (Å²) in [5, 5.41) is 8.74. The predicted octanol–water partition coefficient (Wildman–Crippen LogP) is 6.02. The van der Waals surface area contributed by atoms with E-state index in [2.05, 4.69) is 45.8 Å². The van der Waals surface area contributed by atoms with Crippen LogP contribution in [0.15, 0.2) is 24.3 Å². The van der Waals surface area contributed by atoms with E-state index in [1.807, 2.05) is 0 Å². The molecule has 2 aromatic heterocycles. The molecule has 0 amide bonds. The molecule has 0 spiro atoms. The van der Waals surface area contributed by atoms with Crippen LogP contribution in [0.1, 0.15) is 70.5 Å². The molecule has 0 aliphatic carbocycles. The lowest BCUT2D eigenvalue weighted by molar-refractivity contribution is 0.561. The van der Waals surface area contributed by atoms with Crippen molar-refractivity contribution in [3.63, 3.8) is 0 Å². The van der Waals surface area contributed by atoms with E-state index < -0.39 is 0 Å². The summed E-state index contributed by atoms with van der Waals surface area (Å²) < 4.78 is 3.54. The second-order valence-corrected chi connectivity index (χ2v) is 7.39. The third-order valence-electron chi connectivity index (χ3n) is 4.51. The van der Waals surface area contributed by atoms with E-state index in [1.54, 1.807) is 11.3 Å². The highest BCUT2D eigenvalue weighted by molar-refractivity contribution is 7.23. The molecule has 3 rings (SSSR count). The van der Waals surface area contributed by atoms with Crippen LogP contribution in [0, 0.1) is 0 Å². The van der Waals surface area contributed by atoms with Crippen molar-refractivity contribution in [1.82, 2.24) is 14.6 Å². The highest BCUT2D eigenvalue weighted by Crippen LogP contribution is 2.26. The van der Waals surface area contributed by atoms with Crippen LogP contribution in [0.2, 0.25) is 0 Å². The van der Waals surface area contributed by atoms with Gasteiger partial charge in [0.1, 0.15) is 5.82 Å². The monoisotopic (exact) mass is 329 g/mol. The smallest absolute Gasteiger partial charge is 0.217 e. The van der Waals surface area contributed by atoms with E-state index in [9.17, 15) is 0 Å². The predicted molar refractivity (Wildman–Crippen MR) is 99.3 cm³/mol. The number of nitrogens with zero attached hydrogens (tertiary/aromatic N) is 3. The van der Waals surface area contributed by atoms with E-state index in [0.29, 0.717) is 0 Å². The minimum atomic E-state index is 1.03. The molecule has 0 unspecified atom stereocenters. The molecule has 0 atom stereocenters. The zero-order chi connectivity index (χ0) is 15.9. The Kier molecular flexibility index (Phi) is 6.03. The van der Waals surface area contributed by atoms with Crippen molar-refractivity contribution < 1.29 is 0 Å². The van der Waals surface area contributed by atoms with Crippen molar-refractivity contribution >= 4 is 26.5 Å². The van der Waals surface area contributed by atoms with Gasteiger partial charge in [-0.1, -0.05) is 81.8 Å². The number of fused-ring (bicyclic) bond motifs is 3. The Bertz CT molecular complexity index is 728. The van der Waals surface area contributed by atoms with Gasteiger partial charge in [0.15, 0.2) is 0 Å². The van der Waals surface area contributed by atoms with E-state index in [0.717, 1.165) is 17.2 Å². The Hall–Kier alpha value is -1.42. The number of benzene rings is 1. The summed E-state index contributed by atoms with van der Waals surface area (Å²) in [4.78, 5) is 1.03. The molecule has 3 nitrogen and oxygen atoms in total. The van der Waals surface area contributed by atoms with Gasteiger partial charge in [0.25, 0.3) is 0 Å². The lowest BCUT2D eigenvalue weighted by Crippen LogP contribution is -1.94. The van der Waals surface area contributed by atoms with Gasteiger partial charge in [-0.05, 0) is 18.6 Å². The normalized spacial score (nSPS) is 11.7. The number of rotatable bonds is 10. The maximum absolute atomic E-state index is 4.40. The standard InChI is InChI=1S/C19H27N3S/c1-2-3-4-5-6-7-8-9-10-15-18-20-21-19-22(18)16-13-11-12-14-17(16)23-19/h11-14H,2-10,15H2,1H3. The van der Waals surface area contributed by atoms with Gasteiger partial charge in [-0.3, -0.25) is 4.40 Å². The molecule has 3 aromatic rings. The average Bonchev–Trinajstić information content (AvgIpc) is 3.13. The van der Waals surface area contributed by atoms with Crippen molar-refractivity contribution in [1.29, 1.82) is 0 Å². The number of hydrogen-bond acceptors (Lipinski definition) is 3. The van der Waals surface area contributed by atoms with Crippen LogP contribution in [0.5, 0.6) is 0 Å². The molecule has 0 saturated heterocycles. The summed E-state index contributed by atoms with van der Waals surface area (Å²) in [7, 11) is 0. The van der Waals surface area contributed by atoms with E-state index in [4.69, 9.17) is 0 Å². The van der Waals surface area contributed by atoms with Gasteiger partial charge in [-0.25, -0.2) is 0 Å². The van der Waals surface area contributed by atoms with Gasteiger partial charge in [-0.2, -0.15) is 0 Å². The van der Waals surface area contributed by atoms with Crippen molar-refractivity contribution in [3.05, 3.63) is 30.1 Å². The third kappa shape index (κ3) is 4.11. The summed E-state index contributed by atoms with van der Waals surface area (Å²) in [6, 6.07) is 8.52. The molecule has 0 radical (unpaired) electrons. The molecule has 0 N–H and O–H groups in total. The Morgan fingerprint density at radius 1 is 0.870 bits per heavy atom. The van der Waals surface area contributed by atoms with Gasteiger partial charge >= 0.3 is 0 Å². The molecule has 0 aliphatic heterocycles. The van der Waals surface area contributed by atoms with Gasteiger partial charge in [0, 0.05) is 6.42 Å². The first kappa shape index (κ1) is 16.4. The molecule has 0 saturated carbocycles. The number of unbranched alkanes of at least 4 members (excludes halogenated alkanes) is 8. The number of aromatic nitrogens is 3. The second-order valence-electron chi connectivity index (χ2n) is 6.38. The summed E-state index contributed by atoms with van der Waals surface area (Å²) in [5.41, 5.74) is 1.25. The van der Waals surface area contributed by atoms with Gasteiger partial charge < -0.3 is 0 Å². The summed E-state index contributed by atoms with van der Waals surface area (Å²) >= 11 is 1.73. The Morgan fingerprint density at radius 2 is 1.57 bits per heavy atom. The van der Waals surface area contributed by atoms with E-state index in [1.165, 1.54) is 68.0 Å². The minimum absolute atomic E-state index is 1.03. The lowest BCUT2D eigenvalue weighted by Gasteiger charge is -2.02. The second kappa shape index (κ2) is 8.44. The molecular formula is C19H27N3S. The third-order valence-corrected chi connectivity index (χ3v) is 5.52.